The fourth-order valence-electron chi connectivity index (χ4n) is 2.29. The molecule has 1 aromatic heterocycles. The summed E-state index contributed by atoms with van der Waals surface area (Å²) in [6.45, 7) is 0. The van der Waals surface area contributed by atoms with Gasteiger partial charge in [0.05, 0.1) is 0 Å². The van der Waals surface area contributed by atoms with Gasteiger partial charge in [-0.05, 0) is 45.8 Å². The summed E-state index contributed by atoms with van der Waals surface area (Å²) in [4.78, 5) is 0. The summed E-state index contributed by atoms with van der Waals surface area (Å²) in [5, 5.41) is 12.0. The van der Waals surface area contributed by atoms with E-state index in [-0.39, 0.29) is 6.08 Å². The van der Waals surface area contributed by atoms with Gasteiger partial charge in [-0.3, -0.25) is 0 Å². The summed E-state index contributed by atoms with van der Waals surface area (Å²) in [5.74, 6) is 0.678. The van der Waals surface area contributed by atoms with Gasteiger partial charge in [0.25, 0.3) is 0 Å². The number of fused-ring (bicyclic) bond motifs is 2. The minimum absolute atomic E-state index is 0.144. The normalized spacial score (nSPS) is 11.0. The van der Waals surface area contributed by atoms with E-state index in [9.17, 15) is 0 Å². The first-order valence-corrected chi connectivity index (χ1v) is 6.25. The van der Waals surface area contributed by atoms with Crippen LogP contribution in [0.4, 0.5) is 0 Å². The Hall–Kier alpha value is -2.88. The molecule has 0 amide bonds. The second-order valence-corrected chi connectivity index (χ2v) is 4.52. The zero-order valence-corrected chi connectivity index (χ0v) is 10.5. The zero-order valence-electron chi connectivity index (χ0n) is 10.5. The van der Waals surface area contributed by atoms with Crippen molar-refractivity contribution in [1.29, 1.82) is 0 Å². The van der Waals surface area contributed by atoms with Gasteiger partial charge in [0.1, 0.15) is 5.75 Å². The van der Waals surface area contributed by atoms with Crippen molar-refractivity contribution in [3.63, 3.8) is 0 Å². The van der Waals surface area contributed by atoms with Crippen molar-refractivity contribution in [2.24, 2.45) is 0 Å². The number of hydrogen-bond acceptors (Lipinski definition) is 4. The van der Waals surface area contributed by atoms with Crippen LogP contribution in [0.15, 0.2) is 65.4 Å². The first-order chi connectivity index (χ1) is 9.88. The van der Waals surface area contributed by atoms with Crippen LogP contribution in [-0.4, -0.2) is 10.2 Å². The second kappa shape index (κ2) is 4.35. The molecule has 0 aliphatic rings. The molecule has 4 heteroatoms. The molecule has 4 rings (SSSR count). The predicted octanol–water partition coefficient (Wildman–Crippen LogP) is 4.17. The van der Waals surface area contributed by atoms with Gasteiger partial charge in [-0.25, -0.2) is 0 Å². The Labute approximate surface area is 114 Å². The van der Waals surface area contributed by atoms with Crippen molar-refractivity contribution >= 4 is 21.5 Å². The number of hydrogen-bond donors (Lipinski definition) is 0. The fourth-order valence-corrected chi connectivity index (χ4v) is 2.29. The maximum atomic E-state index is 5.50. The van der Waals surface area contributed by atoms with E-state index in [1.807, 2.05) is 30.3 Å². The quantitative estimate of drug-likeness (QED) is 0.509. The van der Waals surface area contributed by atoms with Crippen LogP contribution in [0.2, 0.25) is 0 Å². The molecule has 0 aliphatic carbocycles. The Bertz CT molecular complexity index is 885. The van der Waals surface area contributed by atoms with Crippen molar-refractivity contribution in [2.75, 3.05) is 0 Å². The molecule has 0 unspecified atom stereocenters. The minimum Gasteiger partial charge on any atom is -0.410 e. The maximum absolute atomic E-state index is 5.50. The largest absolute Gasteiger partial charge is 0.420 e. The van der Waals surface area contributed by atoms with E-state index in [1.165, 1.54) is 22.6 Å². The number of rotatable bonds is 2. The molecule has 0 bridgehead atoms. The van der Waals surface area contributed by atoms with E-state index in [4.69, 9.17) is 9.15 Å². The highest BCUT2D eigenvalue weighted by Gasteiger charge is 2.04. The maximum Gasteiger partial charge on any atom is 0.420 e. The number of benzene rings is 3. The average Bonchev–Trinajstić information content (AvgIpc) is 2.98. The number of aromatic nitrogens is 2. The topological polar surface area (TPSA) is 48.2 Å². The fraction of sp³-hybridized carbons (Fsp3) is 0. The molecule has 0 aliphatic heterocycles. The van der Waals surface area contributed by atoms with E-state index in [0.717, 1.165) is 5.39 Å². The lowest BCUT2D eigenvalue weighted by Crippen LogP contribution is -1.85. The molecule has 4 aromatic rings. The number of nitrogens with zero attached hydrogens (tertiary/aromatic N) is 2. The minimum atomic E-state index is 0.144. The van der Waals surface area contributed by atoms with E-state index in [1.54, 1.807) is 0 Å². The van der Waals surface area contributed by atoms with Gasteiger partial charge in [0.2, 0.25) is 6.39 Å². The van der Waals surface area contributed by atoms with Gasteiger partial charge >= 0.3 is 6.08 Å². The predicted molar refractivity (Wildman–Crippen MR) is 75.8 cm³/mol. The molecule has 0 radical (unpaired) electrons. The average molecular weight is 262 g/mol. The van der Waals surface area contributed by atoms with Crippen LogP contribution < -0.4 is 4.74 Å². The van der Waals surface area contributed by atoms with E-state index < -0.39 is 0 Å². The van der Waals surface area contributed by atoms with Gasteiger partial charge in [0, 0.05) is 0 Å². The standard InChI is InChI=1S/C16H10N2O2/c1-2-4-12-8-14-9-15(20-16-18-17-10-19-16)6-5-13(14)7-11(12)3-1/h1-10H. The number of ether oxygens (including phenoxy) is 1. The van der Waals surface area contributed by atoms with Crippen molar-refractivity contribution in [2.45, 2.75) is 0 Å². The van der Waals surface area contributed by atoms with Crippen molar-refractivity contribution < 1.29 is 9.15 Å². The highest BCUT2D eigenvalue weighted by atomic mass is 16.6. The van der Waals surface area contributed by atoms with Crippen LogP contribution in [-0.2, 0) is 0 Å². The molecule has 4 nitrogen and oxygen atoms in total. The third kappa shape index (κ3) is 1.87. The third-order valence-corrected chi connectivity index (χ3v) is 3.22. The lowest BCUT2D eigenvalue weighted by Gasteiger charge is -2.05. The van der Waals surface area contributed by atoms with Crippen LogP contribution in [0, 0.1) is 0 Å². The van der Waals surface area contributed by atoms with Gasteiger partial charge in [-0.15, -0.1) is 5.10 Å². The van der Waals surface area contributed by atoms with E-state index >= 15 is 0 Å². The Kier molecular flexibility index (Phi) is 2.39. The monoisotopic (exact) mass is 262 g/mol. The second-order valence-electron chi connectivity index (χ2n) is 4.52. The molecule has 0 saturated heterocycles. The first-order valence-electron chi connectivity index (χ1n) is 6.25. The van der Waals surface area contributed by atoms with Gasteiger partial charge < -0.3 is 9.15 Å². The molecular formula is C16H10N2O2. The summed E-state index contributed by atoms with van der Waals surface area (Å²) < 4.78 is 10.5. The van der Waals surface area contributed by atoms with Crippen molar-refractivity contribution in [3.05, 3.63) is 61.0 Å². The Balaban J connectivity index is 1.83. The lowest BCUT2D eigenvalue weighted by molar-refractivity contribution is 0.331. The summed E-state index contributed by atoms with van der Waals surface area (Å²) in [6, 6.07) is 18.5. The van der Waals surface area contributed by atoms with E-state index in [0.29, 0.717) is 5.75 Å². The van der Waals surface area contributed by atoms with Gasteiger partial charge in [-0.2, -0.15) is 0 Å². The zero-order chi connectivity index (χ0) is 13.4. The highest BCUT2D eigenvalue weighted by Crippen LogP contribution is 2.28. The molecule has 0 atom stereocenters. The molecule has 0 spiro atoms. The molecule has 3 aromatic carbocycles. The lowest BCUT2D eigenvalue weighted by atomic mass is 10.0. The highest BCUT2D eigenvalue weighted by molar-refractivity contribution is 5.98. The molecule has 0 saturated carbocycles. The summed E-state index contributed by atoms with van der Waals surface area (Å²) >= 11 is 0. The van der Waals surface area contributed by atoms with Crippen LogP contribution >= 0.6 is 0 Å². The molecular weight excluding hydrogens is 252 g/mol. The van der Waals surface area contributed by atoms with Gasteiger partial charge in [0.15, 0.2) is 0 Å². The van der Waals surface area contributed by atoms with Gasteiger partial charge in [-0.1, -0.05) is 35.4 Å². The third-order valence-electron chi connectivity index (χ3n) is 3.22. The Morgan fingerprint density at radius 1 is 0.800 bits per heavy atom. The molecule has 1 heterocycles. The van der Waals surface area contributed by atoms with E-state index in [2.05, 4.69) is 34.5 Å². The van der Waals surface area contributed by atoms with Crippen molar-refractivity contribution in [1.82, 2.24) is 10.2 Å². The summed E-state index contributed by atoms with van der Waals surface area (Å²) in [7, 11) is 0. The van der Waals surface area contributed by atoms with Crippen LogP contribution in [0.1, 0.15) is 0 Å². The van der Waals surface area contributed by atoms with Crippen LogP contribution in [0.25, 0.3) is 21.5 Å². The summed E-state index contributed by atoms with van der Waals surface area (Å²) in [5.41, 5.74) is 0. The van der Waals surface area contributed by atoms with Crippen molar-refractivity contribution in [3.8, 4) is 11.8 Å². The Morgan fingerprint density at radius 2 is 1.55 bits per heavy atom. The van der Waals surface area contributed by atoms with Crippen LogP contribution in [0.5, 0.6) is 11.8 Å². The molecule has 20 heavy (non-hydrogen) atoms. The summed E-state index contributed by atoms with van der Waals surface area (Å²) in [6.07, 6.45) is 1.38. The smallest absolute Gasteiger partial charge is 0.410 e. The van der Waals surface area contributed by atoms with Crippen LogP contribution in [0.3, 0.4) is 0 Å². The molecule has 0 N–H and O–H groups in total. The Morgan fingerprint density at radius 3 is 2.30 bits per heavy atom. The first kappa shape index (κ1) is 11.0. The molecule has 96 valence electrons. The SMILES string of the molecule is c1ccc2cc3cc(Oc4nnco4)ccc3cc2c1. The molecule has 0 fully saturated rings.